The molecule has 1 amide bonds. The van der Waals surface area contributed by atoms with Crippen molar-refractivity contribution < 1.29 is 14.3 Å². The molecule has 96 valence electrons. The summed E-state index contributed by atoms with van der Waals surface area (Å²) in [4.78, 5) is 23.1. The van der Waals surface area contributed by atoms with E-state index in [2.05, 4.69) is 15.4 Å². The van der Waals surface area contributed by atoms with Crippen LogP contribution in [0.25, 0.3) is 0 Å². The van der Waals surface area contributed by atoms with Crippen LogP contribution in [0.2, 0.25) is 5.02 Å². The molecule has 2 N–H and O–H groups in total. The SMILES string of the molecule is COC(=O)c1ccc(Cl)c(NC(=O)C2CNC2)c1. The second-order valence-electron chi connectivity index (χ2n) is 4.03. The minimum absolute atomic E-state index is 0.0390. The van der Waals surface area contributed by atoms with Crippen molar-refractivity contribution in [2.24, 2.45) is 5.92 Å². The van der Waals surface area contributed by atoms with Gasteiger partial charge < -0.3 is 15.4 Å². The van der Waals surface area contributed by atoms with E-state index in [0.717, 1.165) is 0 Å². The Morgan fingerprint density at radius 1 is 1.44 bits per heavy atom. The van der Waals surface area contributed by atoms with Crippen LogP contribution in [0, 0.1) is 5.92 Å². The molecule has 0 bridgehead atoms. The lowest BCUT2D eigenvalue weighted by Gasteiger charge is -2.26. The van der Waals surface area contributed by atoms with Gasteiger partial charge in [0, 0.05) is 13.1 Å². The molecule has 0 aliphatic carbocycles. The van der Waals surface area contributed by atoms with Gasteiger partial charge in [-0.15, -0.1) is 0 Å². The van der Waals surface area contributed by atoms with Crippen LogP contribution < -0.4 is 10.6 Å². The minimum Gasteiger partial charge on any atom is -0.465 e. The number of ether oxygens (including phenoxy) is 1. The van der Waals surface area contributed by atoms with Crippen LogP contribution in [0.4, 0.5) is 5.69 Å². The van der Waals surface area contributed by atoms with Crippen molar-refractivity contribution in [1.82, 2.24) is 5.32 Å². The first kappa shape index (κ1) is 12.9. The van der Waals surface area contributed by atoms with Crippen LogP contribution in [0.5, 0.6) is 0 Å². The third-order valence-corrected chi connectivity index (χ3v) is 3.13. The van der Waals surface area contributed by atoms with Crippen molar-refractivity contribution >= 4 is 29.2 Å². The van der Waals surface area contributed by atoms with E-state index in [9.17, 15) is 9.59 Å². The number of benzene rings is 1. The summed E-state index contributed by atoms with van der Waals surface area (Å²) in [7, 11) is 1.30. The number of carbonyl (C=O) groups excluding carboxylic acids is 2. The fraction of sp³-hybridized carbons (Fsp3) is 0.333. The van der Waals surface area contributed by atoms with Crippen molar-refractivity contribution in [3.05, 3.63) is 28.8 Å². The number of methoxy groups -OCH3 is 1. The lowest BCUT2D eigenvalue weighted by Crippen LogP contribution is -2.48. The third-order valence-electron chi connectivity index (χ3n) is 2.80. The van der Waals surface area contributed by atoms with Gasteiger partial charge in [-0.2, -0.15) is 0 Å². The zero-order valence-corrected chi connectivity index (χ0v) is 10.6. The second-order valence-corrected chi connectivity index (χ2v) is 4.44. The number of rotatable bonds is 3. The van der Waals surface area contributed by atoms with E-state index in [1.807, 2.05) is 0 Å². The fourth-order valence-electron chi connectivity index (χ4n) is 1.57. The average Bonchev–Trinajstić information content (AvgIpc) is 2.28. The highest BCUT2D eigenvalue weighted by atomic mass is 35.5. The summed E-state index contributed by atoms with van der Waals surface area (Å²) in [6.45, 7) is 1.33. The summed E-state index contributed by atoms with van der Waals surface area (Å²) in [5.41, 5.74) is 0.778. The van der Waals surface area contributed by atoms with Crippen LogP contribution in [-0.2, 0) is 9.53 Å². The van der Waals surface area contributed by atoms with Crippen molar-refractivity contribution in [3.8, 4) is 0 Å². The van der Waals surface area contributed by atoms with Gasteiger partial charge in [0.15, 0.2) is 0 Å². The Bertz CT molecular complexity index is 486. The highest BCUT2D eigenvalue weighted by molar-refractivity contribution is 6.33. The van der Waals surface area contributed by atoms with Crippen molar-refractivity contribution in [1.29, 1.82) is 0 Å². The summed E-state index contributed by atoms with van der Waals surface area (Å²) in [6, 6.07) is 4.62. The molecule has 0 aromatic heterocycles. The smallest absolute Gasteiger partial charge is 0.337 e. The molecule has 0 atom stereocenters. The number of hydrogen-bond donors (Lipinski definition) is 2. The molecule has 0 unspecified atom stereocenters. The molecule has 2 rings (SSSR count). The molecule has 1 aliphatic rings. The molecule has 0 saturated carbocycles. The first-order valence-electron chi connectivity index (χ1n) is 5.51. The van der Waals surface area contributed by atoms with Crippen LogP contribution >= 0.6 is 11.6 Å². The molecular formula is C12H13ClN2O3. The van der Waals surface area contributed by atoms with Gasteiger partial charge in [0.2, 0.25) is 5.91 Å². The standard InChI is InChI=1S/C12H13ClN2O3/c1-18-12(17)7-2-3-9(13)10(4-7)15-11(16)8-5-14-6-8/h2-4,8,14H,5-6H2,1H3,(H,15,16). The van der Waals surface area contributed by atoms with E-state index in [0.29, 0.717) is 29.4 Å². The lowest BCUT2D eigenvalue weighted by molar-refractivity contribution is -0.121. The monoisotopic (exact) mass is 268 g/mol. The Hall–Kier alpha value is -1.59. The Balaban J connectivity index is 2.15. The Labute approximate surface area is 109 Å². The summed E-state index contributed by atoms with van der Waals surface area (Å²) in [6.07, 6.45) is 0. The molecule has 1 aromatic rings. The van der Waals surface area contributed by atoms with Crippen LogP contribution in [0.3, 0.4) is 0 Å². The lowest BCUT2D eigenvalue weighted by atomic mass is 10.0. The first-order valence-corrected chi connectivity index (χ1v) is 5.89. The Morgan fingerprint density at radius 2 is 2.17 bits per heavy atom. The third kappa shape index (κ3) is 2.63. The van der Waals surface area contributed by atoms with Gasteiger partial charge in [0.1, 0.15) is 0 Å². The normalized spacial score (nSPS) is 14.8. The number of amides is 1. The van der Waals surface area contributed by atoms with E-state index in [1.54, 1.807) is 12.1 Å². The first-order chi connectivity index (χ1) is 8.61. The Morgan fingerprint density at radius 3 is 2.72 bits per heavy atom. The fourth-order valence-corrected chi connectivity index (χ4v) is 1.74. The molecular weight excluding hydrogens is 256 g/mol. The average molecular weight is 269 g/mol. The van der Waals surface area contributed by atoms with Crippen molar-refractivity contribution in [3.63, 3.8) is 0 Å². The number of anilines is 1. The molecule has 18 heavy (non-hydrogen) atoms. The van der Waals surface area contributed by atoms with Crippen LogP contribution in [0.15, 0.2) is 18.2 Å². The molecule has 5 nitrogen and oxygen atoms in total. The molecule has 0 radical (unpaired) electrons. The van der Waals surface area contributed by atoms with Gasteiger partial charge in [-0.1, -0.05) is 11.6 Å². The van der Waals surface area contributed by atoms with Crippen LogP contribution in [-0.4, -0.2) is 32.1 Å². The number of esters is 1. The zero-order valence-electron chi connectivity index (χ0n) is 9.83. The van der Waals surface area contributed by atoms with Gasteiger partial charge in [-0.25, -0.2) is 4.79 Å². The zero-order chi connectivity index (χ0) is 13.1. The quantitative estimate of drug-likeness (QED) is 0.811. The van der Waals surface area contributed by atoms with Gasteiger partial charge in [0.25, 0.3) is 0 Å². The molecule has 1 aliphatic heterocycles. The molecule has 1 aromatic carbocycles. The summed E-state index contributed by atoms with van der Waals surface area (Å²) >= 11 is 5.97. The largest absolute Gasteiger partial charge is 0.465 e. The van der Waals surface area contributed by atoms with Crippen molar-refractivity contribution in [2.75, 3.05) is 25.5 Å². The summed E-state index contributed by atoms with van der Waals surface area (Å²) in [5, 5.41) is 6.12. The molecule has 6 heteroatoms. The predicted molar refractivity (Wildman–Crippen MR) is 67.8 cm³/mol. The van der Waals surface area contributed by atoms with E-state index in [4.69, 9.17) is 11.6 Å². The number of carbonyl (C=O) groups is 2. The molecule has 1 fully saturated rings. The molecule has 0 spiro atoms. The topological polar surface area (TPSA) is 67.4 Å². The van der Waals surface area contributed by atoms with E-state index < -0.39 is 5.97 Å². The van der Waals surface area contributed by atoms with Gasteiger partial charge in [-0.05, 0) is 18.2 Å². The van der Waals surface area contributed by atoms with Gasteiger partial charge >= 0.3 is 5.97 Å². The number of hydrogen-bond acceptors (Lipinski definition) is 4. The highest BCUT2D eigenvalue weighted by Crippen LogP contribution is 2.24. The molecule has 1 saturated heterocycles. The van der Waals surface area contributed by atoms with Crippen LogP contribution in [0.1, 0.15) is 10.4 Å². The van der Waals surface area contributed by atoms with E-state index in [1.165, 1.54) is 13.2 Å². The van der Waals surface area contributed by atoms with E-state index >= 15 is 0 Å². The highest BCUT2D eigenvalue weighted by Gasteiger charge is 2.25. The van der Waals surface area contributed by atoms with E-state index in [-0.39, 0.29) is 11.8 Å². The molecule has 1 heterocycles. The summed E-state index contributed by atoms with van der Waals surface area (Å²) in [5.74, 6) is -0.604. The van der Waals surface area contributed by atoms with Gasteiger partial charge in [0.05, 0.1) is 29.3 Å². The summed E-state index contributed by atoms with van der Waals surface area (Å²) < 4.78 is 4.61. The Kier molecular flexibility index (Phi) is 3.84. The number of nitrogens with one attached hydrogen (secondary N) is 2. The maximum Gasteiger partial charge on any atom is 0.337 e. The number of halogens is 1. The second kappa shape index (κ2) is 5.37. The van der Waals surface area contributed by atoms with Crippen molar-refractivity contribution in [2.45, 2.75) is 0 Å². The maximum absolute atomic E-state index is 11.8. The predicted octanol–water partition coefficient (Wildman–Crippen LogP) is 1.28. The maximum atomic E-state index is 11.8. The minimum atomic E-state index is -0.465. The van der Waals surface area contributed by atoms with Gasteiger partial charge in [-0.3, -0.25) is 4.79 Å².